The largest absolute Gasteiger partial charge is 0.465 e. The number of benzene rings is 2. The smallest absolute Gasteiger partial charge is 0.336 e. The summed E-state index contributed by atoms with van der Waals surface area (Å²) in [7, 11) is 0. The number of hydrogen-bond acceptors (Lipinski definition) is 5. The van der Waals surface area contributed by atoms with E-state index in [0.717, 1.165) is 16.7 Å². The van der Waals surface area contributed by atoms with Crippen LogP contribution in [0.25, 0.3) is 28.4 Å². The van der Waals surface area contributed by atoms with Crippen LogP contribution < -0.4 is 10.2 Å². The van der Waals surface area contributed by atoms with Crippen LogP contribution in [-0.4, -0.2) is 5.97 Å². The zero-order chi connectivity index (χ0) is 23.8. The zero-order valence-corrected chi connectivity index (χ0v) is 19.4. The Labute approximate surface area is 192 Å². The summed E-state index contributed by atoms with van der Waals surface area (Å²) in [6.45, 7) is 10.3. The van der Waals surface area contributed by atoms with Crippen LogP contribution in [0.4, 0.5) is 0 Å². The number of rotatable bonds is 4. The van der Waals surface area contributed by atoms with Gasteiger partial charge in [-0.25, -0.2) is 4.79 Å². The normalized spacial score (nSPS) is 11.9. The molecule has 0 spiro atoms. The topological polar surface area (TPSA) is 69.7 Å². The third-order valence-electron chi connectivity index (χ3n) is 5.61. The second-order valence-electron chi connectivity index (χ2n) is 9.12. The van der Waals surface area contributed by atoms with Crippen molar-refractivity contribution in [1.29, 1.82) is 0 Å². The third kappa shape index (κ3) is 4.67. The molecule has 0 aliphatic carbocycles. The fourth-order valence-electron chi connectivity index (χ4n) is 3.51. The monoisotopic (exact) mass is 442 g/mol. The van der Waals surface area contributed by atoms with Gasteiger partial charge in [-0.3, -0.25) is 4.79 Å². The first-order chi connectivity index (χ1) is 15.6. The van der Waals surface area contributed by atoms with E-state index < -0.39 is 11.4 Å². The van der Waals surface area contributed by atoms with E-state index in [2.05, 4.69) is 20.8 Å². The number of hydrogen-bond donors (Lipinski definition) is 0. The molecular weight excluding hydrogens is 416 g/mol. The van der Waals surface area contributed by atoms with Crippen molar-refractivity contribution in [2.45, 2.75) is 40.0 Å². The van der Waals surface area contributed by atoms with Crippen molar-refractivity contribution in [2.24, 2.45) is 0 Å². The fourth-order valence-corrected chi connectivity index (χ4v) is 3.51. The summed E-state index contributed by atoms with van der Waals surface area (Å²) >= 11 is 0. The lowest BCUT2D eigenvalue weighted by Crippen LogP contribution is -2.15. The predicted molar refractivity (Wildman–Crippen MR) is 129 cm³/mol. The van der Waals surface area contributed by atoms with Gasteiger partial charge in [0.05, 0.1) is 11.6 Å². The van der Waals surface area contributed by atoms with Gasteiger partial charge in [-0.05, 0) is 66.3 Å². The Hall–Kier alpha value is -3.86. The summed E-state index contributed by atoms with van der Waals surface area (Å²) < 4.78 is 16.9. The molecule has 0 aliphatic rings. The minimum absolute atomic E-state index is 0.0245. The molecule has 0 bridgehead atoms. The third-order valence-corrected chi connectivity index (χ3v) is 5.61. The minimum Gasteiger partial charge on any atom is -0.465 e. The predicted octanol–water partition coefficient (Wildman–Crippen LogP) is 6.59. The highest BCUT2D eigenvalue weighted by Crippen LogP contribution is 2.33. The van der Waals surface area contributed by atoms with Crippen molar-refractivity contribution in [3.63, 3.8) is 0 Å². The average molecular weight is 443 g/mol. The molecule has 5 nitrogen and oxygen atoms in total. The summed E-state index contributed by atoms with van der Waals surface area (Å²) in [4.78, 5) is 26.0. The molecule has 0 N–H and O–H groups in total. The Balaban J connectivity index is 1.83. The highest BCUT2D eigenvalue weighted by molar-refractivity contribution is 5.91. The van der Waals surface area contributed by atoms with Crippen LogP contribution >= 0.6 is 0 Å². The maximum atomic E-state index is 13.4. The molecule has 33 heavy (non-hydrogen) atoms. The second-order valence-corrected chi connectivity index (χ2v) is 9.12. The molecule has 2 aromatic carbocycles. The molecule has 2 heterocycles. The van der Waals surface area contributed by atoms with E-state index in [1.54, 1.807) is 18.2 Å². The highest BCUT2D eigenvalue weighted by Gasteiger charge is 2.21. The maximum Gasteiger partial charge on any atom is 0.336 e. The number of aryl methyl sites for hydroxylation is 2. The lowest BCUT2D eigenvalue weighted by molar-refractivity contribution is -0.129. The number of ether oxygens (including phenoxy) is 1. The van der Waals surface area contributed by atoms with Crippen molar-refractivity contribution in [3.8, 4) is 17.1 Å². The van der Waals surface area contributed by atoms with Gasteiger partial charge in [0.2, 0.25) is 11.2 Å². The lowest BCUT2D eigenvalue weighted by Gasteiger charge is -2.19. The molecule has 168 valence electrons. The molecule has 2 aromatic heterocycles. The number of furan rings is 1. The van der Waals surface area contributed by atoms with Crippen LogP contribution in [0.1, 0.15) is 43.2 Å². The van der Waals surface area contributed by atoms with Gasteiger partial charge in [-0.15, -0.1) is 0 Å². The first-order valence-electron chi connectivity index (χ1n) is 10.8. The van der Waals surface area contributed by atoms with E-state index >= 15 is 0 Å². The van der Waals surface area contributed by atoms with E-state index in [-0.39, 0.29) is 16.9 Å². The SMILES string of the molecule is Cc1cc2oc(-c3ccc(C(C)(C)C)cc3)c(OC(=O)/C=C/c3ccco3)c(=O)c2cc1C. The first-order valence-corrected chi connectivity index (χ1v) is 10.8. The van der Waals surface area contributed by atoms with Gasteiger partial charge in [0, 0.05) is 11.6 Å². The molecular formula is C28H26O5. The van der Waals surface area contributed by atoms with Crippen LogP contribution in [0.5, 0.6) is 5.75 Å². The number of carbonyl (C=O) groups is 1. The van der Waals surface area contributed by atoms with Gasteiger partial charge < -0.3 is 13.6 Å². The Morgan fingerprint density at radius 3 is 2.33 bits per heavy atom. The molecule has 0 saturated heterocycles. The first kappa shape index (κ1) is 22.3. The van der Waals surface area contributed by atoms with Crippen molar-refractivity contribution in [2.75, 3.05) is 0 Å². The second kappa shape index (κ2) is 8.58. The molecule has 0 saturated carbocycles. The fraction of sp³-hybridized carbons (Fsp3) is 0.214. The van der Waals surface area contributed by atoms with Gasteiger partial charge in [0.1, 0.15) is 11.3 Å². The van der Waals surface area contributed by atoms with Crippen LogP contribution in [0.2, 0.25) is 0 Å². The lowest BCUT2D eigenvalue weighted by atomic mass is 9.86. The Morgan fingerprint density at radius 2 is 1.70 bits per heavy atom. The summed E-state index contributed by atoms with van der Waals surface area (Å²) in [5.74, 6) is -0.115. The van der Waals surface area contributed by atoms with Crippen LogP contribution in [0, 0.1) is 13.8 Å². The number of fused-ring (bicyclic) bond motifs is 1. The average Bonchev–Trinajstić information content (AvgIpc) is 3.29. The van der Waals surface area contributed by atoms with E-state index in [4.69, 9.17) is 13.6 Å². The van der Waals surface area contributed by atoms with E-state index in [1.165, 1.54) is 18.4 Å². The highest BCUT2D eigenvalue weighted by atomic mass is 16.5. The molecule has 0 fully saturated rings. The molecule has 5 heteroatoms. The Morgan fingerprint density at radius 1 is 1.00 bits per heavy atom. The van der Waals surface area contributed by atoms with Crippen molar-refractivity contribution < 1.29 is 18.4 Å². The number of carbonyl (C=O) groups excluding carboxylic acids is 1. The summed E-state index contributed by atoms with van der Waals surface area (Å²) in [6, 6.07) is 14.8. The van der Waals surface area contributed by atoms with E-state index in [1.807, 2.05) is 44.2 Å². The molecule has 4 rings (SSSR count). The summed E-state index contributed by atoms with van der Waals surface area (Å²) in [5, 5.41) is 0.367. The van der Waals surface area contributed by atoms with Gasteiger partial charge in [-0.1, -0.05) is 45.0 Å². The van der Waals surface area contributed by atoms with Gasteiger partial charge in [0.25, 0.3) is 0 Å². The Bertz CT molecular complexity index is 1400. The van der Waals surface area contributed by atoms with Gasteiger partial charge >= 0.3 is 5.97 Å². The molecule has 0 atom stereocenters. The zero-order valence-electron chi connectivity index (χ0n) is 19.4. The molecule has 0 aliphatic heterocycles. The quantitative estimate of drug-likeness (QED) is 0.263. The van der Waals surface area contributed by atoms with Crippen molar-refractivity contribution >= 4 is 23.0 Å². The van der Waals surface area contributed by atoms with E-state index in [9.17, 15) is 9.59 Å². The summed E-state index contributed by atoms with van der Waals surface area (Å²) in [5.41, 5.74) is 3.78. The van der Waals surface area contributed by atoms with Crippen LogP contribution in [0.15, 0.2) is 74.5 Å². The van der Waals surface area contributed by atoms with E-state index in [0.29, 0.717) is 22.3 Å². The maximum absolute atomic E-state index is 13.4. The number of esters is 1. The molecule has 0 amide bonds. The Kier molecular flexibility index (Phi) is 5.81. The minimum atomic E-state index is -0.700. The molecule has 0 unspecified atom stereocenters. The van der Waals surface area contributed by atoms with Crippen LogP contribution in [0.3, 0.4) is 0 Å². The van der Waals surface area contributed by atoms with Crippen molar-refractivity contribution in [1.82, 2.24) is 0 Å². The molecule has 4 aromatic rings. The van der Waals surface area contributed by atoms with Crippen LogP contribution in [-0.2, 0) is 10.2 Å². The van der Waals surface area contributed by atoms with Gasteiger partial charge in [-0.2, -0.15) is 0 Å². The van der Waals surface area contributed by atoms with Gasteiger partial charge in [0.15, 0.2) is 5.76 Å². The summed E-state index contributed by atoms with van der Waals surface area (Å²) in [6.07, 6.45) is 4.21. The molecule has 0 radical (unpaired) electrons. The van der Waals surface area contributed by atoms with Crippen molar-refractivity contribution in [3.05, 3.63) is 93.5 Å². The standard InChI is InChI=1S/C28H26O5/c1-17-15-22-23(16-18(17)2)32-26(19-8-10-20(11-9-19)28(3,4)5)27(25(22)30)33-24(29)13-12-21-7-6-14-31-21/h6-16H,1-5H3/b13-12+.